The summed E-state index contributed by atoms with van der Waals surface area (Å²) in [6, 6.07) is 9.98. The molecule has 0 spiro atoms. The molecule has 0 atom stereocenters. The first-order chi connectivity index (χ1) is 14.7. The Labute approximate surface area is 195 Å². The van der Waals surface area contributed by atoms with E-state index in [-0.39, 0.29) is 18.3 Å². The smallest absolute Gasteiger partial charge is 0.274 e. The Hall–Kier alpha value is -2.26. The molecule has 0 fully saturated rings. The van der Waals surface area contributed by atoms with E-state index in [2.05, 4.69) is 28.3 Å². The topological polar surface area (TPSA) is 63.1 Å². The number of anilines is 1. The van der Waals surface area contributed by atoms with E-state index in [1.807, 2.05) is 25.1 Å². The number of nitrogens with zero attached hydrogens (tertiary/aromatic N) is 4. The molecule has 9 heteroatoms. The van der Waals surface area contributed by atoms with Crippen LogP contribution in [0.3, 0.4) is 0 Å². The maximum atomic E-state index is 13.1. The number of fused-ring (bicyclic) bond motifs is 2. The van der Waals surface area contributed by atoms with E-state index in [0.29, 0.717) is 12.2 Å². The number of carbonyl (C=O) groups is 1. The molecule has 162 valence electrons. The van der Waals surface area contributed by atoms with Gasteiger partial charge in [-0.2, -0.15) is 5.10 Å². The van der Waals surface area contributed by atoms with E-state index >= 15 is 0 Å². The van der Waals surface area contributed by atoms with Gasteiger partial charge in [-0.3, -0.25) is 14.4 Å². The van der Waals surface area contributed by atoms with Crippen LogP contribution in [-0.2, 0) is 19.5 Å². The SMILES string of the molecule is CCN1CCc2c(sc(NC(=O)c3ccnn3CC)c2-c2nc3ccccc3s2)C1.Cl. The average Bonchev–Trinajstić information content (AvgIpc) is 3.48. The minimum atomic E-state index is -0.123. The van der Waals surface area contributed by atoms with Gasteiger partial charge in [-0.05, 0) is 43.7 Å². The second-order valence-corrected chi connectivity index (χ2v) is 9.44. The molecule has 0 saturated carbocycles. The number of benzene rings is 1. The minimum absolute atomic E-state index is 0. The van der Waals surface area contributed by atoms with Crippen molar-refractivity contribution < 1.29 is 4.79 Å². The van der Waals surface area contributed by atoms with Gasteiger partial charge in [0.15, 0.2) is 0 Å². The highest BCUT2D eigenvalue weighted by molar-refractivity contribution is 7.22. The molecule has 3 aromatic heterocycles. The van der Waals surface area contributed by atoms with Crippen molar-refractivity contribution in [3.05, 3.63) is 52.7 Å². The molecule has 1 aromatic carbocycles. The fraction of sp³-hybridized carbons (Fsp3) is 0.318. The molecule has 0 bridgehead atoms. The summed E-state index contributed by atoms with van der Waals surface area (Å²) in [7, 11) is 0. The minimum Gasteiger partial charge on any atom is -0.312 e. The van der Waals surface area contributed by atoms with Crippen LogP contribution in [0.15, 0.2) is 36.5 Å². The highest BCUT2D eigenvalue weighted by Crippen LogP contribution is 2.45. The number of aryl methyl sites for hydroxylation is 1. The average molecular weight is 474 g/mol. The zero-order chi connectivity index (χ0) is 20.7. The lowest BCUT2D eigenvalue weighted by atomic mass is 10.0. The maximum Gasteiger partial charge on any atom is 0.274 e. The van der Waals surface area contributed by atoms with E-state index in [1.54, 1.807) is 39.6 Å². The van der Waals surface area contributed by atoms with E-state index in [1.165, 1.54) is 15.1 Å². The summed E-state index contributed by atoms with van der Waals surface area (Å²) in [5.74, 6) is -0.123. The standard InChI is InChI=1S/C22H23N5OS2.ClH/c1-3-26-12-10-14-18(13-26)30-22(25-20(28)16-9-11-23-27(16)4-2)19(14)21-24-15-7-5-6-8-17(15)29-21;/h5-9,11H,3-4,10,12-13H2,1-2H3,(H,25,28);1H. The molecule has 6 nitrogen and oxygen atoms in total. The van der Waals surface area contributed by atoms with Gasteiger partial charge in [0.1, 0.15) is 15.7 Å². The molecule has 0 radical (unpaired) electrons. The second kappa shape index (κ2) is 9.08. The van der Waals surface area contributed by atoms with Crippen LogP contribution in [0, 0.1) is 0 Å². The number of aromatic nitrogens is 3. The molecule has 1 N–H and O–H groups in total. The highest BCUT2D eigenvalue weighted by atomic mass is 35.5. The summed E-state index contributed by atoms with van der Waals surface area (Å²) in [6.07, 6.45) is 2.65. The van der Waals surface area contributed by atoms with Gasteiger partial charge in [-0.1, -0.05) is 19.1 Å². The van der Waals surface area contributed by atoms with Crippen molar-refractivity contribution in [1.29, 1.82) is 0 Å². The Morgan fingerprint density at radius 1 is 1.16 bits per heavy atom. The quantitative estimate of drug-likeness (QED) is 0.427. The molecule has 0 saturated heterocycles. The number of halogens is 1. The molecule has 5 rings (SSSR count). The fourth-order valence-corrected chi connectivity index (χ4v) is 6.36. The largest absolute Gasteiger partial charge is 0.312 e. The van der Waals surface area contributed by atoms with Crippen LogP contribution >= 0.6 is 35.1 Å². The highest BCUT2D eigenvalue weighted by Gasteiger charge is 2.27. The van der Waals surface area contributed by atoms with Crippen LogP contribution in [0.2, 0.25) is 0 Å². The lowest BCUT2D eigenvalue weighted by Crippen LogP contribution is -2.29. The maximum absolute atomic E-state index is 13.1. The number of thiophene rings is 1. The van der Waals surface area contributed by atoms with Crippen molar-refractivity contribution in [1.82, 2.24) is 19.7 Å². The van der Waals surface area contributed by atoms with Crippen molar-refractivity contribution >= 4 is 56.2 Å². The van der Waals surface area contributed by atoms with Crippen molar-refractivity contribution in [2.75, 3.05) is 18.4 Å². The normalized spacial score (nSPS) is 13.7. The summed E-state index contributed by atoms with van der Waals surface area (Å²) in [6.45, 7) is 7.84. The number of para-hydroxylation sites is 1. The Morgan fingerprint density at radius 3 is 2.77 bits per heavy atom. The first kappa shape index (κ1) is 22.0. The van der Waals surface area contributed by atoms with Crippen molar-refractivity contribution in [2.45, 2.75) is 33.4 Å². The van der Waals surface area contributed by atoms with Gasteiger partial charge in [0.2, 0.25) is 0 Å². The lowest BCUT2D eigenvalue weighted by molar-refractivity contribution is 0.101. The number of thiazole rings is 1. The molecule has 1 amide bonds. The summed E-state index contributed by atoms with van der Waals surface area (Å²) in [4.78, 5) is 21.7. The Balaban J connectivity index is 0.00000231. The van der Waals surface area contributed by atoms with Crippen molar-refractivity contribution in [3.63, 3.8) is 0 Å². The van der Waals surface area contributed by atoms with Gasteiger partial charge in [-0.15, -0.1) is 35.1 Å². The van der Waals surface area contributed by atoms with Crippen molar-refractivity contribution in [3.8, 4) is 10.6 Å². The summed E-state index contributed by atoms with van der Waals surface area (Å²) in [5.41, 5.74) is 4.02. The van der Waals surface area contributed by atoms with Crippen LogP contribution in [0.25, 0.3) is 20.8 Å². The zero-order valence-electron chi connectivity index (χ0n) is 17.4. The summed E-state index contributed by atoms with van der Waals surface area (Å²) >= 11 is 3.38. The molecule has 1 aliphatic heterocycles. The second-order valence-electron chi connectivity index (χ2n) is 7.30. The third kappa shape index (κ3) is 4.01. The first-order valence-corrected chi connectivity index (χ1v) is 11.9. The molecule has 4 heterocycles. The van der Waals surface area contributed by atoms with Crippen molar-refractivity contribution in [2.24, 2.45) is 0 Å². The number of likely N-dealkylation sites (N-methyl/N-ethyl adjacent to an activating group) is 1. The Bertz CT molecular complexity index is 1190. The third-order valence-corrected chi connectivity index (χ3v) is 7.75. The molecule has 0 unspecified atom stereocenters. The zero-order valence-corrected chi connectivity index (χ0v) is 19.9. The van der Waals surface area contributed by atoms with Crippen LogP contribution in [0.1, 0.15) is 34.8 Å². The fourth-order valence-electron chi connectivity index (χ4n) is 3.96. The Morgan fingerprint density at radius 2 is 2.00 bits per heavy atom. The molecule has 31 heavy (non-hydrogen) atoms. The van der Waals surface area contributed by atoms with Crippen LogP contribution in [0.5, 0.6) is 0 Å². The number of hydrogen-bond acceptors (Lipinski definition) is 6. The van der Waals surface area contributed by atoms with Gasteiger partial charge in [-0.25, -0.2) is 4.98 Å². The lowest BCUT2D eigenvalue weighted by Gasteiger charge is -2.25. The number of nitrogens with one attached hydrogen (secondary N) is 1. The predicted molar refractivity (Wildman–Crippen MR) is 131 cm³/mol. The number of rotatable bonds is 5. The van der Waals surface area contributed by atoms with E-state index < -0.39 is 0 Å². The first-order valence-electron chi connectivity index (χ1n) is 10.2. The van der Waals surface area contributed by atoms with Gasteiger partial charge in [0.25, 0.3) is 5.91 Å². The van der Waals surface area contributed by atoms with E-state index in [4.69, 9.17) is 4.98 Å². The number of amides is 1. The molecular weight excluding hydrogens is 450 g/mol. The monoisotopic (exact) mass is 473 g/mol. The molecular formula is C22H24ClN5OS2. The van der Waals surface area contributed by atoms with E-state index in [0.717, 1.165) is 47.1 Å². The van der Waals surface area contributed by atoms with Gasteiger partial charge in [0.05, 0.1) is 10.2 Å². The number of hydrogen-bond donors (Lipinski definition) is 1. The van der Waals surface area contributed by atoms with Gasteiger partial charge >= 0.3 is 0 Å². The van der Waals surface area contributed by atoms with Gasteiger partial charge in [0, 0.05) is 36.3 Å². The van der Waals surface area contributed by atoms with Crippen LogP contribution in [-0.4, -0.2) is 38.7 Å². The van der Waals surface area contributed by atoms with Gasteiger partial charge < -0.3 is 5.32 Å². The summed E-state index contributed by atoms with van der Waals surface area (Å²) < 4.78 is 2.89. The molecule has 1 aliphatic rings. The molecule has 4 aromatic rings. The number of carbonyl (C=O) groups excluding carboxylic acids is 1. The Kier molecular flexibility index (Phi) is 6.43. The van der Waals surface area contributed by atoms with E-state index in [9.17, 15) is 4.79 Å². The third-order valence-electron chi connectivity index (χ3n) is 5.57. The summed E-state index contributed by atoms with van der Waals surface area (Å²) in [5, 5.41) is 9.30. The molecule has 0 aliphatic carbocycles. The predicted octanol–water partition coefficient (Wildman–Crippen LogP) is 5.29. The van der Waals surface area contributed by atoms with Crippen LogP contribution < -0.4 is 5.32 Å². The van der Waals surface area contributed by atoms with Crippen LogP contribution in [0.4, 0.5) is 5.00 Å².